The van der Waals surface area contributed by atoms with Crippen molar-refractivity contribution < 1.29 is 9.53 Å². The molecule has 0 aromatic rings. The average Bonchev–Trinajstić information content (AvgIpc) is 2.59. The molecule has 0 bridgehead atoms. The fourth-order valence-corrected chi connectivity index (χ4v) is 3.36. The smallest absolute Gasteiger partial charge is 0.410 e. The fraction of sp³-hybridized carbons (Fsp3) is 0.905. The minimum atomic E-state index is -0.474. The molecule has 7 heteroatoms. The van der Waals surface area contributed by atoms with Crippen molar-refractivity contribution in [3.05, 3.63) is 0 Å². The summed E-state index contributed by atoms with van der Waals surface area (Å²) >= 11 is 0. The van der Waals surface area contributed by atoms with E-state index in [-0.39, 0.29) is 6.09 Å². The zero-order chi connectivity index (χ0) is 21.2. The quantitative estimate of drug-likeness (QED) is 0.487. The minimum absolute atomic E-state index is 0.253. The largest absolute Gasteiger partial charge is 0.444 e. The average molecular weight is 398 g/mol. The van der Waals surface area contributed by atoms with Crippen LogP contribution in [-0.2, 0) is 4.74 Å². The van der Waals surface area contributed by atoms with E-state index < -0.39 is 5.60 Å². The van der Waals surface area contributed by atoms with E-state index in [0.717, 1.165) is 44.2 Å². The van der Waals surface area contributed by atoms with Gasteiger partial charge in [0.15, 0.2) is 5.96 Å². The van der Waals surface area contributed by atoms with E-state index in [1.807, 2.05) is 20.8 Å². The van der Waals surface area contributed by atoms with E-state index in [1.165, 1.54) is 6.54 Å². The molecule has 0 unspecified atom stereocenters. The molecule has 0 saturated carbocycles. The van der Waals surface area contributed by atoms with Gasteiger partial charge in [-0.15, -0.1) is 0 Å². The van der Waals surface area contributed by atoms with E-state index in [4.69, 9.17) is 4.74 Å². The zero-order valence-corrected chi connectivity index (χ0v) is 19.2. The molecule has 1 rings (SSSR count). The van der Waals surface area contributed by atoms with E-state index >= 15 is 0 Å². The number of hydrogen-bond donors (Lipinski definition) is 2. The van der Waals surface area contributed by atoms with Gasteiger partial charge in [-0.05, 0) is 46.0 Å². The van der Waals surface area contributed by atoms with E-state index in [0.29, 0.717) is 25.7 Å². The third kappa shape index (κ3) is 10.2. The first-order valence-corrected chi connectivity index (χ1v) is 10.8. The van der Waals surface area contributed by atoms with Crippen LogP contribution in [0.3, 0.4) is 0 Å². The highest BCUT2D eigenvalue weighted by Gasteiger charge is 2.22. The highest BCUT2D eigenvalue weighted by atomic mass is 16.6. The number of carbonyl (C=O) groups is 1. The Morgan fingerprint density at radius 1 is 1.25 bits per heavy atom. The molecule has 2 N–H and O–H groups in total. The predicted octanol–water partition coefficient (Wildman–Crippen LogP) is 2.92. The summed E-state index contributed by atoms with van der Waals surface area (Å²) in [5.74, 6) is 1.53. The fourth-order valence-electron chi connectivity index (χ4n) is 3.36. The molecule has 164 valence electrons. The number of nitrogens with zero attached hydrogens (tertiary/aromatic N) is 3. The number of ether oxygens (including phenoxy) is 1. The van der Waals surface area contributed by atoms with Gasteiger partial charge in [-0.25, -0.2) is 4.79 Å². The minimum Gasteiger partial charge on any atom is -0.444 e. The topological polar surface area (TPSA) is 69.2 Å². The van der Waals surface area contributed by atoms with Crippen molar-refractivity contribution in [2.45, 2.75) is 72.4 Å². The van der Waals surface area contributed by atoms with Gasteiger partial charge in [0.1, 0.15) is 5.60 Å². The maximum absolute atomic E-state index is 12.3. The molecule has 0 radical (unpaired) electrons. The summed E-state index contributed by atoms with van der Waals surface area (Å²) in [5.41, 5.74) is -0.474. The van der Waals surface area contributed by atoms with Gasteiger partial charge in [-0.3, -0.25) is 4.99 Å². The number of amides is 1. The Kier molecular flexibility index (Phi) is 10.6. The molecule has 1 aliphatic heterocycles. The monoisotopic (exact) mass is 397 g/mol. The van der Waals surface area contributed by atoms with Crippen LogP contribution in [0.4, 0.5) is 4.79 Å². The van der Waals surface area contributed by atoms with Crippen molar-refractivity contribution in [1.82, 2.24) is 20.4 Å². The lowest BCUT2D eigenvalue weighted by Crippen LogP contribution is -2.50. The number of carbonyl (C=O) groups excluding carboxylic acids is 1. The molecule has 0 aliphatic carbocycles. The molecular formula is C21H43N5O2. The van der Waals surface area contributed by atoms with Crippen LogP contribution < -0.4 is 10.6 Å². The second kappa shape index (κ2) is 12.1. The van der Waals surface area contributed by atoms with Crippen LogP contribution in [-0.4, -0.2) is 79.8 Å². The predicted molar refractivity (Wildman–Crippen MR) is 117 cm³/mol. The summed E-state index contributed by atoms with van der Waals surface area (Å²) in [7, 11) is 1.79. The molecule has 28 heavy (non-hydrogen) atoms. The van der Waals surface area contributed by atoms with Crippen molar-refractivity contribution in [2.24, 2.45) is 10.9 Å². The van der Waals surface area contributed by atoms with Crippen LogP contribution in [0.1, 0.15) is 60.8 Å². The Balaban J connectivity index is 2.39. The number of aliphatic imine (C=N–C) groups is 1. The third-order valence-corrected chi connectivity index (χ3v) is 4.59. The Labute approximate surface area is 172 Å². The second-order valence-electron chi connectivity index (χ2n) is 9.08. The van der Waals surface area contributed by atoms with Crippen molar-refractivity contribution in [2.75, 3.05) is 46.3 Å². The highest BCUT2D eigenvalue weighted by molar-refractivity contribution is 5.80. The number of rotatable bonds is 8. The molecule has 0 aromatic carbocycles. The van der Waals surface area contributed by atoms with E-state index in [1.54, 1.807) is 11.9 Å². The summed E-state index contributed by atoms with van der Waals surface area (Å²) in [5, 5.41) is 6.87. The Bertz CT molecular complexity index is 480. The maximum Gasteiger partial charge on any atom is 0.410 e. The Hall–Kier alpha value is -1.50. The first-order chi connectivity index (χ1) is 13.1. The van der Waals surface area contributed by atoms with Gasteiger partial charge in [0.2, 0.25) is 0 Å². The second-order valence-corrected chi connectivity index (χ2v) is 9.08. The van der Waals surface area contributed by atoms with Gasteiger partial charge in [-0.2, -0.15) is 0 Å². The van der Waals surface area contributed by atoms with Crippen LogP contribution in [0.2, 0.25) is 0 Å². The maximum atomic E-state index is 12.3. The Morgan fingerprint density at radius 3 is 2.39 bits per heavy atom. The van der Waals surface area contributed by atoms with Crippen LogP contribution in [0.15, 0.2) is 4.99 Å². The van der Waals surface area contributed by atoms with Gasteiger partial charge in [0, 0.05) is 52.4 Å². The summed E-state index contributed by atoms with van der Waals surface area (Å²) < 4.78 is 5.50. The van der Waals surface area contributed by atoms with Gasteiger partial charge in [0.05, 0.1) is 0 Å². The number of likely N-dealkylation sites (tertiary alicyclic amines) is 1. The number of nitrogens with one attached hydrogen (secondary N) is 2. The third-order valence-electron chi connectivity index (χ3n) is 4.59. The lowest BCUT2D eigenvalue weighted by molar-refractivity contribution is 0.0253. The molecular weight excluding hydrogens is 354 g/mol. The molecule has 0 aromatic heterocycles. The van der Waals surface area contributed by atoms with Crippen LogP contribution in [0.5, 0.6) is 0 Å². The summed E-state index contributed by atoms with van der Waals surface area (Å²) in [6.45, 7) is 17.7. The molecule has 1 aliphatic rings. The highest BCUT2D eigenvalue weighted by Crippen LogP contribution is 2.12. The Morgan fingerprint density at radius 2 is 1.89 bits per heavy atom. The molecule has 0 spiro atoms. The summed E-state index contributed by atoms with van der Waals surface area (Å²) in [4.78, 5) is 21.0. The van der Waals surface area contributed by atoms with Crippen molar-refractivity contribution in [3.63, 3.8) is 0 Å². The first-order valence-electron chi connectivity index (χ1n) is 10.8. The van der Waals surface area contributed by atoms with Crippen molar-refractivity contribution in [3.8, 4) is 0 Å². The van der Waals surface area contributed by atoms with Gasteiger partial charge in [0.25, 0.3) is 0 Å². The summed E-state index contributed by atoms with van der Waals surface area (Å²) in [6.07, 6.45) is 2.92. The standard InChI is InChI=1S/C21H43N5O2/c1-8-12-26(20(27)28-21(4,5)6)15-11-23-19(22-7)24-18-9-13-25(14-10-18)16-17(2)3/h17-18H,8-16H2,1-7H3,(H2,22,23,24). The van der Waals surface area contributed by atoms with Crippen LogP contribution in [0.25, 0.3) is 0 Å². The normalized spacial score (nSPS) is 16.9. The number of piperidine rings is 1. The molecule has 1 heterocycles. The number of guanidine groups is 1. The lowest BCUT2D eigenvalue weighted by Gasteiger charge is -2.34. The van der Waals surface area contributed by atoms with Gasteiger partial charge in [-0.1, -0.05) is 20.8 Å². The van der Waals surface area contributed by atoms with E-state index in [9.17, 15) is 4.79 Å². The van der Waals surface area contributed by atoms with Gasteiger partial charge >= 0.3 is 6.09 Å². The molecule has 0 atom stereocenters. The SMILES string of the molecule is CCCN(CCNC(=NC)NC1CCN(CC(C)C)CC1)C(=O)OC(C)(C)C. The van der Waals surface area contributed by atoms with Gasteiger partial charge < -0.3 is 25.2 Å². The van der Waals surface area contributed by atoms with Crippen molar-refractivity contribution in [1.29, 1.82) is 0 Å². The van der Waals surface area contributed by atoms with Crippen molar-refractivity contribution >= 4 is 12.1 Å². The molecule has 1 fully saturated rings. The summed E-state index contributed by atoms with van der Waals surface area (Å²) in [6, 6.07) is 0.451. The number of hydrogen-bond acceptors (Lipinski definition) is 4. The molecule has 7 nitrogen and oxygen atoms in total. The molecule has 1 saturated heterocycles. The molecule has 1 amide bonds. The zero-order valence-electron chi connectivity index (χ0n) is 19.2. The van der Waals surface area contributed by atoms with Crippen LogP contribution in [0, 0.1) is 5.92 Å². The van der Waals surface area contributed by atoms with Crippen LogP contribution >= 0.6 is 0 Å². The first kappa shape index (κ1) is 24.5. The lowest BCUT2D eigenvalue weighted by atomic mass is 10.0. The van der Waals surface area contributed by atoms with E-state index in [2.05, 4.69) is 41.3 Å².